The molecule has 0 spiro atoms. The van der Waals surface area contributed by atoms with Gasteiger partial charge in [0.25, 0.3) is 0 Å². The predicted molar refractivity (Wildman–Crippen MR) is 35.9 cm³/mol. The molecule has 82 valence electrons. The van der Waals surface area contributed by atoms with Gasteiger partial charge in [0.2, 0.25) is 0 Å². The summed E-state index contributed by atoms with van der Waals surface area (Å²) >= 11 is 0. The molecule has 0 aromatic rings. The Hall–Kier alpha value is -1.27. The molecular weight excluding hydrogens is 205 g/mol. The average Bonchev–Trinajstić information content (AvgIpc) is 1.98. The second kappa shape index (κ2) is 5.46. The molecule has 0 bridgehead atoms. The molecule has 0 N–H and O–H groups in total. The lowest BCUT2D eigenvalue weighted by atomic mass is 10.3. The highest BCUT2D eigenvalue weighted by Crippen LogP contribution is 2.19. The van der Waals surface area contributed by atoms with Crippen LogP contribution in [0.5, 0.6) is 0 Å². The van der Waals surface area contributed by atoms with Gasteiger partial charge in [0.1, 0.15) is 0 Å². The van der Waals surface area contributed by atoms with E-state index in [-0.39, 0.29) is 0 Å². The van der Waals surface area contributed by atoms with E-state index in [9.17, 15) is 27.9 Å². The van der Waals surface area contributed by atoms with Gasteiger partial charge in [-0.25, -0.2) is 0 Å². The second-order valence-corrected chi connectivity index (χ2v) is 2.46. The fourth-order valence-corrected chi connectivity index (χ4v) is 0.557. The minimum atomic E-state index is -4.38. The third-order valence-corrected chi connectivity index (χ3v) is 1.18. The maximum atomic E-state index is 11.5. The maximum Gasteiger partial charge on any atom is 0.392 e. The third-order valence-electron chi connectivity index (χ3n) is 1.18. The fraction of sp³-hybridized carbons (Fsp3) is 0.714. The third kappa shape index (κ3) is 8.82. The van der Waals surface area contributed by atoms with Gasteiger partial charge < -0.3 is 14.6 Å². The van der Waals surface area contributed by atoms with Gasteiger partial charge in [-0.1, -0.05) is 0 Å². The topological polar surface area (TPSA) is 66.4 Å². The molecule has 7 heteroatoms. The van der Waals surface area contributed by atoms with E-state index in [2.05, 4.69) is 4.74 Å². The molecule has 0 unspecified atom stereocenters. The normalized spacial score (nSPS) is 11.1. The standard InChI is InChI=1S/C7H9F3O4/c8-7(9,10)3-4-14-6(13)2-1-5(11)12/h1-4H2,(H,11,12)/p-1. The number of halogens is 3. The summed E-state index contributed by atoms with van der Waals surface area (Å²) in [5, 5.41) is 9.84. The van der Waals surface area contributed by atoms with Crippen molar-refractivity contribution in [2.24, 2.45) is 0 Å². The van der Waals surface area contributed by atoms with E-state index in [1.54, 1.807) is 0 Å². The van der Waals surface area contributed by atoms with Crippen molar-refractivity contribution in [1.82, 2.24) is 0 Å². The Morgan fingerprint density at radius 1 is 1.21 bits per heavy atom. The van der Waals surface area contributed by atoms with E-state index >= 15 is 0 Å². The quantitative estimate of drug-likeness (QED) is 0.603. The molecular formula is C7H8F3O4-. The highest BCUT2D eigenvalue weighted by molar-refractivity contribution is 5.75. The van der Waals surface area contributed by atoms with Crippen LogP contribution < -0.4 is 5.11 Å². The Balaban J connectivity index is 3.50. The van der Waals surface area contributed by atoms with Crippen LogP contribution >= 0.6 is 0 Å². The molecule has 0 heterocycles. The van der Waals surface area contributed by atoms with Crippen molar-refractivity contribution < 1.29 is 32.6 Å². The number of esters is 1. The summed E-state index contributed by atoms with van der Waals surface area (Å²) in [6.45, 7) is -0.782. The number of ether oxygens (including phenoxy) is 1. The summed E-state index contributed by atoms with van der Waals surface area (Å²) in [6, 6.07) is 0. The Bertz CT molecular complexity index is 211. The SMILES string of the molecule is O=C([O-])CCC(=O)OCCC(F)(F)F. The molecule has 0 atom stereocenters. The second-order valence-electron chi connectivity index (χ2n) is 2.46. The van der Waals surface area contributed by atoms with Crippen LogP contribution in [0, 0.1) is 0 Å². The molecule has 0 saturated carbocycles. The van der Waals surface area contributed by atoms with Gasteiger partial charge in [0, 0.05) is 5.97 Å². The van der Waals surface area contributed by atoms with Crippen LogP contribution in [0.4, 0.5) is 13.2 Å². The Labute approximate surface area is 77.7 Å². The number of carboxylic acids is 1. The monoisotopic (exact) mass is 213 g/mol. The minimum absolute atomic E-state index is 0.472. The van der Waals surface area contributed by atoms with Crippen molar-refractivity contribution in [3.05, 3.63) is 0 Å². The van der Waals surface area contributed by atoms with E-state index in [4.69, 9.17) is 0 Å². The Morgan fingerprint density at radius 3 is 2.21 bits per heavy atom. The van der Waals surface area contributed by atoms with Gasteiger partial charge in [-0.05, 0) is 6.42 Å². The van der Waals surface area contributed by atoms with Crippen molar-refractivity contribution in [2.45, 2.75) is 25.4 Å². The van der Waals surface area contributed by atoms with Crippen LogP contribution in [-0.2, 0) is 14.3 Å². The molecule has 0 fully saturated rings. The van der Waals surface area contributed by atoms with Gasteiger partial charge in [-0.15, -0.1) is 0 Å². The maximum absolute atomic E-state index is 11.5. The zero-order valence-electron chi connectivity index (χ0n) is 7.10. The van der Waals surface area contributed by atoms with E-state index in [1.807, 2.05) is 0 Å². The summed E-state index contributed by atoms with van der Waals surface area (Å²) in [7, 11) is 0. The molecule has 4 nitrogen and oxygen atoms in total. The smallest absolute Gasteiger partial charge is 0.392 e. The van der Waals surface area contributed by atoms with Gasteiger partial charge in [-0.2, -0.15) is 13.2 Å². The number of alkyl halides is 3. The highest BCUT2D eigenvalue weighted by Gasteiger charge is 2.27. The van der Waals surface area contributed by atoms with Crippen LogP contribution in [0.15, 0.2) is 0 Å². The molecule has 0 aliphatic heterocycles. The lowest BCUT2D eigenvalue weighted by Gasteiger charge is -2.07. The van der Waals surface area contributed by atoms with Gasteiger partial charge in [-0.3, -0.25) is 4.79 Å². The molecule has 0 aliphatic rings. The summed E-state index contributed by atoms with van der Waals surface area (Å²) in [4.78, 5) is 20.4. The molecule has 0 rings (SSSR count). The summed E-state index contributed by atoms with van der Waals surface area (Å²) < 4.78 is 38.7. The van der Waals surface area contributed by atoms with Crippen LogP contribution in [0.2, 0.25) is 0 Å². The first-order valence-electron chi connectivity index (χ1n) is 3.73. The van der Waals surface area contributed by atoms with Gasteiger partial charge in [0.15, 0.2) is 0 Å². The van der Waals surface area contributed by atoms with E-state index in [1.165, 1.54) is 0 Å². The Morgan fingerprint density at radius 2 is 1.79 bits per heavy atom. The number of hydrogen-bond donors (Lipinski definition) is 0. The van der Waals surface area contributed by atoms with E-state index < -0.39 is 44.0 Å². The highest BCUT2D eigenvalue weighted by atomic mass is 19.4. The molecule has 14 heavy (non-hydrogen) atoms. The number of hydrogen-bond acceptors (Lipinski definition) is 4. The minimum Gasteiger partial charge on any atom is -0.550 e. The zero-order valence-corrected chi connectivity index (χ0v) is 7.10. The molecule has 0 aliphatic carbocycles. The number of carbonyl (C=O) groups is 2. The molecule has 0 radical (unpaired) electrons. The number of aliphatic carboxylic acids is 1. The van der Waals surface area contributed by atoms with Crippen molar-refractivity contribution in [2.75, 3.05) is 6.61 Å². The largest absolute Gasteiger partial charge is 0.550 e. The number of carboxylic acid groups (broad SMARTS) is 1. The van der Waals surface area contributed by atoms with Crippen LogP contribution in [0.1, 0.15) is 19.3 Å². The average molecular weight is 213 g/mol. The van der Waals surface area contributed by atoms with Crippen molar-refractivity contribution in [1.29, 1.82) is 0 Å². The summed E-state index contributed by atoms with van der Waals surface area (Å²) in [5.74, 6) is -2.42. The lowest BCUT2D eigenvalue weighted by Crippen LogP contribution is -2.23. The van der Waals surface area contributed by atoms with Crippen molar-refractivity contribution >= 4 is 11.9 Å². The van der Waals surface area contributed by atoms with E-state index in [0.717, 1.165) is 0 Å². The summed E-state index contributed by atoms with van der Waals surface area (Å²) in [6.07, 6.45) is -6.64. The molecule has 0 aromatic heterocycles. The Kier molecular flexibility index (Phi) is 4.96. The first-order valence-corrected chi connectivity index (χ1v) is 3.73. The molecule has 0 amide bonds. The lowest BCUT2D eigenvalue weighted by molar-refractivity contribution is -0.305. The van der Waals surface area contributed by atoms with Crippen molar-refractivity contribution in [3.8, 4) is 0 Å². The zero-order chi connectivity index (χ0) is 11.2. The van der Waals surface area contributed by atoms with Crippen molar-refractivity contribution in [3.63, 3.8) is 0 Å². The fourth-order valence-electron chi connectivity index (χ4n) is 0.557. The van der Waals surface area contributed by atoms with Crippen LogP contribution in [0.3, 0.4) is 0 Å². The molecule has 0 saturated heterocycles. The molecule has 0 aromatic carbocycles. The van der Waals surface area contributed by atoms with Gasteiger partial charge in [0.05, 0.1) is 19.4 Å². The summed E-state index contributed by atoms with van der Waals surface area (Å²) in [5.41, 5.74) is 0. The van der Waals surface area contributed by atoms with Crippen LogP contribution in [-0.4, -0.2) is 24.7 Å². The predicted octanol–water partition coefficient (Wildman–Crippen LogP) is 0.0121. The number of rotatable bonds is 5. The first-order chi connectivity index (χ1) is 6.31. The van der Waals surface area contributed by atoms with Gasteiger partial charge >= 0.3 is 12.1 Å². The van der Waals surface area contributed by atoms with E-state index in [0.29, 0.717) is 0 Å². The number of carbonyl (C=O) groups excluding carboxylic acids is 2. The first kappa shape index (κ1) is 12.7. The van der Waals surface area contributed by atoms with Crippen LogP contribution in [0.25, 0.3) is 0 Å².